The predicted molar refractivity (Wildman–Crippen MR) is 187 cm³/mol. The Balaban J connectivity index is 0.000000342. The van der Waals surface area contributed by atoms with Gasteiger partial charge in [-0.25, -0.2) is 4.98 Å². The molecule has 2 atom stereocenters. The van der Waals surface area contributed by atoms with Gasteiger partial charge in [0.05, 0.1) is 10.7 Å². The Labute approximate surface area is 276 Å². The number of aryl methyl sites for hydroxylation is 1. The van der Waals surface area contributed by atoms with Crippen molar-refractivity contribution in [2.75, 3.05) is 53.4 Å². The molecule has 1 saturated heterocycles. The van der Waals surface area contributed by atoms with Crippen LogP contribution in [0, 0.1) is 17.8 Å². The molecule has 1 aromatic rings. The summed E-state index contributed by atoms with van der Waals surface area (Å²) < 4.78 is 0. The van der Waals surface area contributed by atoms with Crippen molar-refractivity contribution in [3.63, 3.8) is 0 Å². The number of hydrogen-bond acceptors (Lipinski definition) is 8. The van der Waals surface area contributed by atoms with Gasteiger partial charge in [0.25, 0.3) is 0 Å². The van der Waals surface area contributed by atoms with E-state index in [-0.39, 0.29) is 17.9 Å². The van der Waals surface area contributed by atoms with Crippen LogP contribution in [-0.2, 0) is 27.2 Å². The van der Waals surface area contributed by atoms with Crippen molar-refractivity contribution in [3.8, 4) is 0 Å². The van der Waals surface area contributed by atoms with Crippen molar-refractivity contribution in [2.45, 2.75) is 91.0 Å². The van der Waals surface area contributed by atoms with E-state index in [1.165, 1.54) is 37.0 Å². The molecule has 45 heavy (non-hydrogen) atoms. The van der Waals surface area contributed by atoms with Crippen LogP contribution in [0.5, 0.6) is 0 Å². The molecule has 1 aliphatic heterocycles. The molecule has 2 fully saturated rings. The number of carbonyl (C=O) groups is 3. The first-order valence-electron chi connectivity index (χ1n) is 17.0. The number of aromatic nitrogens is 1. The monoisotopic (exact) mass is 644 g/mol. The zero-order valence-electron chi connectivity index (χ0n) is 28.6. The van der Waals surface area contributed by atoms with Gasteiger partial charge >= 0.3 is 0 Å². The topological polar surface area (TPSA) is 121 Å². The molecule has 0 bridgehead atoms. The number of nitrogens with one attached hydrogen (secondary N) is 2. The Hall–Kier alpha value is -2.40. The van der Waals surface area contributed by atoms with Crippen LogP contribution in [-0.4, -0.2) is 92.3 Å². The molecule has 0 spiro atoms. The number of primary amides is 1. The molecule has 2 aliphatic carbocycles. The number of likely N-dealkylation sites (N-methyl/N-ethyl adjacent to an activating group) is 2. The van der Waals surface area contributed by atoms with Gasteiger partial charge in [0.15, 0.2) is 0 Å². The molecule has 9 nitrogen and oxygen atoms in total. The molecule has 254 valence electrons. The average molecular weight is 645 g/mol. The largest absolute Gasteiger partial charge is 0.370 e. The maximum Gasteiger partial charge on any atom is 0.220 e. The molecule has 4 rings (SSSR count). The lowest BCUT2D eigenvalue weighted by atomic mass is 9.85. The number of rotatable bonds is 13. The minimum Gasteiger partial charge on any atom is -0.370 e. The molecule has 2 heterocycles. The van der Waals surface area contributed by atoms with E-state index < -0.39 is 0 Å². The van der Waals surface area contributed by atoms with Crippen molar-refractivity contribution < 1.29 is 14.4 Å². The maximum atomic E-state index is 12.6. The average Bonchev–Trinajstić information content (AvgIpc) is 3.45. The van der Waals surface area contributed by atoms with E-state index in [9.17, 15) is 14.4 Å². The predicted octanol–water partition coefficient (Wildman–Crippen LogP) is 4.46. The number of nitrogens with two attached hydrogens (primary N) is 1. The van der Waals surface area contributed by atoms with Crippen LogP contribution >= 0.6 is 11.3 Å². The van der Waals surface area contributed by atoms with Crippen LogP contribution in [0.3, 0.4) is 0 Å². The molecule has 3 aliphatic rings. The molecular formula is C35H60N6O3S. The molecule has 2 amide bonds. The maximum absolute atomic E-state index is 12.6. The third-order valence-corrected chi connectivity index (χ3v) is 9.97. The lowest BCUT2D eigenvalue weighted by Crippen LogP contribution is -2.45. The Bertz CT molecular complexity index is 1070. The number of carbonyl (C=O) groups excluding carboxylic acids is 3. The molecule has 1 aromatic heterocycles. The Morgan fingerprint density at radius 3 is 2.42 bits per heavy atom. The highest BCUT2D eigenvalue weighted by atomic mass is 32.1. The Morgan fingerprint density at radius 1 is 1.18 bits per heavy atom. The van der Waals surface area contributed by atoms with E-state index in [0.717, 1.165) is 81.4 Å². The first kappa shape index (κ1) is 38.8. The minimum absolute atomic E-state index is 0.167. The first-order valence-corrected chi connectivity index (χ1v) is 17.8. The van der Waals surface area contributed by atoms with Crippen molar-refractivity contribution in [3.05, 3.63) is 33.8 Å². The number of amides is 2. The number of hydrogen-bond donors (Lipinski definition) is 3. The first-order chi connectivity index (χ1) is 21.5. The van der Waals surface area contributed by atoms with E-state index in [2.05, 4.69) is 65.8 Å². The molecule has 0 aromatic carbocycles. The second-order valence-corrected chi connectivity index (χ2v) is 14.3. The molecule has 10 heteroatoms. The van der Waals surface area contributed by atoms with Crippen LogP contribution < -0.4 is 16.4 Å². The lowest BCUT2D eigenvalue weighted by Gasteiger charge is -2.32. The second-order valence-electron chi connectivity index (χ2n) is 13.1. The van der Waals surface area contributed by atoms with E-state index in [0.29, 0.717) is 30.3 Å². The molecule has 2 unspecified atom stereocenters. The van der Waals surface area contributed by atoms with Gasteiger partial charge in [0.2, 0.25) is 11.8 Å². The fourth-order valence-electron chi connectivity index (χ4n) is 5.87. The highest BCUT2D eigenvalue weighted by Gasteiger charge is 2.22. The van der Waals surface area contributed by atoms with Gasteiger partial charge in [-0.3, -0.25) is 19.3 Å². The number of thiazole rings is 1. The molecular weight excluding hydrogens is 584 g/mol. The normalized spacial score (nSPS) is 19.4. The summed E-state index contributed by atoms with van der Waals surface area (Å²) in [6.07, 6.45) is 16.0. The van der Waals surface area contributed by atoms with Gasteiger partial charge in [-0.1, -0.05) is 65.5 Å². The van der Waals surface area contributed by atoms with Crippen LogP contribution in [0.15, 0.2) is 18.2 Å². The number of aldehydes is 1. The van der Waals surface area contributed by atoms with Gasteiger partial charge in [0.1, 0.15) is 6.29 Å². The summed E-state index contributed by atoms with van der Waals surface area (Å²) in [6.45, 7) is 15.8. The van der Waals surface area contributed by atoms with E-state index >= 15 is 0 Å². The summed E-state index contributed by atoms with van der Waals surface area (Å²) in [6, 6.07) is 0.250. The summed E-state index contributed by atoms with van der Waals surface area (Å²) in [7, 11) is 4.09. The lowest BCUT2D eigenvalue weighted by molar-refractivity contribution is -0.122. The van der Waals surface area contributed by atoms with Crippen molar-refractivity contribution in [2.24, 2.45) is 23.5 Å². The highest BCUT2D eigenvalue weighted by molar-refractivity contribution is 7.11. The highest BCUT2D eigenvalue weighted by Crippen LogP contribution is 2.32. The fourth-order valence-corrected chi connectivity index (χ4v) is 6.99. The SMILES string of the molecule is C=C(C=O)CN1CCN(C)CC1.CCC(N)=O.CNCC(CC1CCCCC1)NC(=O)CCc1nc2c(s1)CC(C(C)C)C=C2. The second kappa shape index (κ2) is 21.4. The summed E-state index contributed by atoms with van der Waals surface area (Å²) in [4.78, 5) is 43.2. The van der Waals surface area contributed by atoms with Gasteiger partial charge in [-0.15, -0.1) is 11.3 Å². The number of allylic oxidation sites excluding steroid dienone is 1. The Morgan fingerprint density at radius 2 is 1.84 bits per heavy atom. The van der Waals surface area contributed by atoms with E-state index in [1.807, 2.05) is 7.05 Å². The van der Waals surface area contributed by atoms with Crippen molar-refractivity contribution >= 4 is 35.5 Å². The zero-order valence-corrected chi connectivity index (χ0v) is 29.4. The third-order valence-electron chi connectivity index (χ3n) is 8.81. The fraction of sp³-hybridized carbons (Fsp3) is 0.714. The van der Waals surface area contributed by atoms with Crippen molar-refractivity contribution in [1.82, 2.24) is 25.4 Å². The summed E-state index contributed by atoms with van der Waals surface area (Å²) >= 11 is 1.80. The quantitative estimate of drug-likeness (QED) is 0.214. The zero-order chi connectivity index (χ0) is 33.2. The summed E-state index contributed by atoms with van der Waals surface area (Å²) in [5, 5.41) is 7.63. The number of fused-ring (bicyclic) bond motifs is 1. The summed E-state index contributed by atoms with van der Waals surface area (Å²) in [5.41, 5.74) is 6.46. The van der Waals surface area contributed by atoms with Crippen LogP contribution in [0.25, 0.3) is 6.08 Å². The van der Waals surface area contributed by atoms with Gasteiger partial charge in [0, 0.05) is 69.4 Å². The Kier molecular flexibility index (Phi) is 18.4. The third kappa shape index (κ3) is 15.6. The van der Waals surface area contributed by atoms with Gasteiger partial charge in [-0.05, 0) is 56.3 Å². The number of nitrogens with zero attached hydrogens (tertiary/aromatic N) is 3. The molecule has 0 radical (unpaired) electrons. The molecule has 4 N–H and O–H groups in total. The number of piperazine rings is 1. The van der Waals surface area contributed by atoms with E-state index in [1.54, 1.807) is 18.3 Å². The van der Waals surface area contributed by atoms with Crippen LogP contribution in [0.2, 0.25) is 0 Å². The van der Waals surface area contributed by atoms with Gasteiger partial charge < -0.3 is 21.3 Å². The minimum atomic E-state index is -0.245. The smallest absolute Gasteiger partial charge is 0.220 e. The standard InChI is InChI=1S/C23H37N3OS.C9H16N2O.C3H7NO/c1-16(2)18-9-10-20-21(14-18)28-23(26-20)12-11-22(27)25-19(15-24-3)13-17-7-5-4-6-8-17;1-9(8-12)7-11-5-3-10(2)4-6-11;1-2-3(4)5/h9-10,16-19,24H,4-8,11-15H2,1-3H3,(H,25,27);8H,1,3-7H2,2H3;2H2,1H3,(H2,4,5). The molecule has 1 saturated carbocycles. The van der Waals surface area contributed by atoms with Crippen LogP contribution in [0.4, 0.5) is 0 Å². The van der Waals surface area contributed by atoms with Gasteiger partial charge in [-0.2, -0.15) is 0 Å². The summed E-state index contributed by atoms with van der Waals surface area (Å²) in [5.74, 6) is 1.98. The van der Waals surface area contributed by atoms with E-state index in [4.69, 9.17) is 4.98 Å². The van der Waals surface area contributed by atoms with Crippen LogP contribution in [0.1, 0.15) is 87.7 Å². The van der Waals surface area contributed by atoms with Crippen molar-refractivity contribution in [1.29, 1.82) is 0 Å².